The number of methoxy groups -OCH3 is 1. The summed E-state index contributed by atoms with van der Waals surface area (Å²) < 4.78 is 10.8. The maximum atomic E-state index is 5.68. The zero-order valence-corrected chi connectivity index (χ0v) is 14.6. The van der Waals surface area contributed by atoms with E-state index in [0.717, 1.165) is 22.9 Å². The van der Waals surface area contributed by atoms with Crippen molar-refractivity contribution in [1.29, 1.82) is 0 Å². The van der Waals surface area contributed by atoms with Crippen molar-refractivity contribution in [1.82, 2.24) is 15.0 Å². The van der Waals surface area contributed by atoms with Crippen LogP contribution in [0.5, 0.6) is 11.5 Å². The van der Waals surface area contributed by atoms with Gasteiger partial charge in [0.2, 0.25) is 5.95 Å². The van der Waals surface area contributed by atoms with Gasteiger partial charge in [0.1, 0.15) is 23.9 Å². The number of nitrogens with zero attached hydrogens (tertiary/aromatic N) is 3. The number of hydrogen-bond donors (Lipinski definition) is 2. The Labute approximate surface area is 152 Å². The first-order valence-electron chi connectivity index (χ1n) is 8.30. The van der Waals surface area contributed by atoms with E-state index in [0.29, 0.717) is 25.6 Å². The predicted octanol–water partition coefficient (Wildman–Crippen LogP) is 2.98. The number of anilines is 2. The highest BCUT2D eigenvalue weighted by Crippen LogP contribution is 2.16. The van der Waals surface area contributed by atoms with Gasteiger partial charge in [-0.1, -0.05) is 0 Å². The van der Waals surface area contributed by atoms with Gasteiger partial charge in [0.25, 0.3) is 0 Å². The van der Waals surface area contributed by atoms with Crippen LogP contribution in [0.2, 0.25) is 0 Å². The van der Waals surface area contributed by atoms with Gasteiger partial charge in [0, 0.05) is 25.1 Å². The molecule has 3 rings (SSSR count). The van der Waals surface area contributed by atoms with E-state index in [2.05, 4.69) is 25.6 Å². The summed E-state index contributed by atoms with van der Waals surface area (Å²) in [5.74, 6) is 2.93. The summed E-state index contributed by atoms with van der Waals surface area (Å²) in [6.07, 6.45) is 5.24. The fourth-order valence-electron chi connectivity index (χ4n) is 2.24. The molecule has 26 heavy (non-hydrogen) atoms. The highest BCUT2D eigenvalue weighted by atomic mass is 16.5. The minimum atomic E-state index is 0.524. The van der Waals surface area contributed by atoms with Crippen LogP contribution < -0.4 is 20.1 Å². The molecule has 2 N–H and O–H groups in total. The standard InChI is InChI=1S/C19H21N5O2/c1-25-16-2-4-17(5-3-16)26-13-12-21-18-8-11-22-19(24-18)23-14-15-6-9-20-10-7-15/h2-11H,12-14H2,1H3,(H2,21,22,23,24). The van der Waals surface area contributed by atoms with E-state index < -0.39 is 0 Å². The lowest BCUT2D eigenvalue weighted by molar-refractivity contribution is 0.331. The zero-order chi connectivity index (χ0) is 18.0. The first kappa shape index (κ1) is 17.5. The molecule has 0 unspecified atom stereocenters. The number of aromatic nitrogens is 3. The fourth-order valence-corrected chi connectivity index (χ4v) is 2.24. The molecule has 3 aromatic rings. The lowest BCUT2D eigenvalue weighted by Crippen LogP contribution is -2.13. The van der Waals surface area contributed by atoms with Gasteiger partial charge in [-0.3, -0.25) is 4.98 Å². The summed E-state index contributed by atoms with van der Waals surface area (Å²) >= 11 is 0. The van der Waals surface area contributed by atoms with Gasteiger partial charge < -0.3 is 20.1 Å². The second-order valence-electron chi connectivity index (χ2n) is 5.43. The number of benzene rings is 1. The molecule has 134 valence electrons. The second kappa shape index (κ2) is 9.22. The van der Waals surface area contributed by atoms with Crippen LogP contribution in [0.1, 0.15) is 5.56 Å². The van der Waals surface area contributed by atoms with Crippen molar-refractivity contribution in [3.05, 3.63) is 66.6 Å². The molecule has 0 bridgehead atoms. The summed E-state index contributed by atoms with van der Waals surface area (Å²) in [5.41, 5.74) is 1.12. The van der Waals surface area contributed by atoms with Crippen LogP contribution in [-0.2, 0) is 6.54 Å². The molecule has 0 saturated heterocycles. The maximum absolute atomic E-state index is 5.68. The van der Waals surface area contributed by atoms with Crippen LogP contribution >= 0.6 is 0 Å². The Balaban J connectivity index is 1.43. The number of rotatable bonds is 9. The van der Waals surface area contributed by atoms with E-state index in [9.17, 15) is 0 Å². The largest absolute Gasteiger partial charge is 0.497 e. The average Bonchev–Trinajstić information content (AvgIpc) is 2.71. The normalized spacial score (nSPS) is 10.2. The van der Waals surface area contributed by atoms with E-state index in [-0.39, 0.29) is 0 Å². The Bertz CT molecular complexity index is 797. The third-order valence-corrected chi connectivity index (χ3v) is 3.59. The highest BCUT2D eigenvalue weighted by molar-refractivity contribution is 5.40. The number of nitrogens with one attached hydrogen (secondary N) is 2. The van der Waals surface area contributed by atoms with Crippen molar-refractivity contribution in [2.24, 2.45) is 0 Å². The second-order valence-corrected chi connectivity index (χ2v) is 5.43. The molecule has 0 amide bonds. The summed E-state index contributed by atoms with van der Waals surface area (Å²) in [6, 6.07) is 13.2. The third kappa shape index (κ3) is 5.34. The topological polar surface area (TPSA) is 81.2 Å². The molecule has 0 aliphatic heterocycles. The molecule has 0 spiro atoms. The molecule has 0 aliphatic carbocycles. The van der Waals surface area contributed by atoms with E-state index in [1.165, 1.54) is 0 Å². The van der Waals surface area contributed by atoms with Crippen molar-refractivity contribution in [3.8, 4) is 11.5 Å². The van der Waals surface area contributed by atoms with Crippen molar-refractivity contribution in [2.75, 3.05) is 30.9 Å². The van der Waals surface area contributed by atoms with Gasteiger partial charge in [0.05, 0.1) is 13.7 Å². The summed E-state index contributed by atoms with van der Waals surface area (Å²) in [6.45, 7) is 1.80. The molecule has 7 nitrogen and oxygen atoms in total. The van der Waals surface area contributed by atoms with Gasteiger partial charge in [-0.25, -0.2) is 4.98 Å². The predicted molar refractivity (Wildman–Crippen MR) is 101 cm³/mol. The van der Waals surface area contributed by atoms with Crippen LogP contribution in [0.4, 0.5) is 11.8 Å². The van der Waals surface area contributed by atoms with Crippen LogP contribution in [-0.4, -0.2) is 35.2 Å². The smallest absolute Gasteiger partial charge is 0.224 e. The Kier molecular flexibility index (Phi) is 6.19. The lowest BCUT2D eigenvalue weighted by Gasteiger charge is -2.10. The van der Waals surface area contributed by atoms with Crippen molar-refractivity contribution in [2.45, 2.75) is 6.54 Å². The van der Waals surface area contributed by atoms with Crippen LogP contribution in [0.3, 0.4) is 0 Å². The summed E-state index contributed by atoms with van der Waals surface area (Å²) in [7, 11) is 1.64. The number of ether oxygens (including phenoxy) is 2. The Morgan fingerprint density at radius 1 is 0.885 bits per heavy atom. The lowest BCUT2D eigenvalue weighted by atomic mass is 10.3. The first-order chi connectivity index (χ1) is 12.8. The van der Waals surface area contributed by atoms with Crippen LogP contribution in [0, 0.1) is 0 Å². The van der Waals surface area contributed by atoms with Crippen molar-refractivity contribution >= 4 is 11.8 Å². The SMILES string of the molecule is COc1ccc(OCCNc2ccnc(NCc3ccncc3)n2)cc1. The van der Waals surface area contributed by atoms with Crippen LogP contribution in [0.25, 0.3) is 0 Å². The van der Waals surface area contributed by atoms with Crippen LogP contribution in [0.15, 0.2) is 61.1 Å². The molecule has 1 aromatic carbocycles. The van der Waals surface area contributed by atoms with Gasteiger partial charge in [-0.2, -0.15) is 4.98 Å². The molecule has 2 heterocycles. The van der Waals surface area contributed by atoms with Gasteiger partial charge >= 0.3 is 0 Å². The van der Waals surface area contributed by atoms with E-state index in [4.69, 9.17) is 9.47 Å². The molecular formula is C19H21N5O2. The van der Waals surface area contributed by atoms with Gasteiger partial charge in [0.15, 0.2) is 0 Å². The fraction of sp³-hybridized carbons (Fsp3) is 0.211. The summed E-state index contributed by atoms with van der Waals surface area (Å²) in [5, 5.41) is 6.42. The number of pyridine rings is 1. The zero-order valence-electron chi connectivity index (χ0n) is 14.6. The monoisotopic (exact) mass is 351 g/mol. The molecule has 0 saturated carbocycles. The molecule has 0 radical (unpaired) electrons. The van der Waals surface area contributed by atoms with Gasteiger partial charge in [-0.15, -0.1) is 0 Å². The van der Waals surface area contributed by atoms with Gasteiger partial charge in [-0.05, 0) is 48.0 Å². The van der Waals surface area contributed by atoms with E-state index >= 15 is 0 Å². The van der Waals surface area contributed by atoms with Crippen molar-refractivity contribution < 1.29 is 9.47 Å². The maximum Gasteiger partial charge on any atom is 0.224 e. The quantitative estimate of drug-likeness (QED) is 0.574. The Hall–Kier alpha value is -3.35. The molecule has 0 aliphatic rings. The average molecular weight is 351 g/mol. The first-order valence-corrected chi connectivity index (χ1v) is 8.30. The molecular weight excluding hydrogens is 330 g/mol. The molecule has 0 atom stereocenters. The highest BCUT2D eigenvalue weighted by Gasteiger charge is 2.00. The molecule has 2 aromatic heterocycles. The van der Waals surface area contributed by atoms with E-state index in [1.807, 2.05) is 42.5 Å². The molecule has 0 fully saturated rings. The Morgan fingerprint density at radius 3 is 2.42 bits per heavy atom. The Morgan fingerprint density at radius 2 is 1.65 bits per heavy atom. The summed E-state index contributed by atoms with van der Waals surface area (Å²) in [4.78, 5) is 12.7. The van der Waals surface area contributed by atoms with Crippen molar-refractivity contribution in [3.63, 3.8) is 0 Å². The minimum Gasteiger partial charge on any atom is -0.497 e. The molecule has 7 heteroatoms. The third-order valence-electron chi connectivity index (χ3n) is 3.59. The minimum absolute atomic E-state index is 0.524. The van der Waals surface area contributed by atoms with E-state index in [1.54, 1.807) is 25.7 Å². The number of hydrogen-bond acceptors (Lipinski definition) is 7.